The van der Waals surface area contributed by atoms with Crippen LogP contribution in [0.1, 0.15) is 71.9 Å². The Labute approximate surface area is 233 Å². The molecule has 0 amide bonds. The number of fused-ring (bicyclic) bond motifs is 4. The molecule has 37 heavy (non-hydrogen) atoms. The summed E-state index contributed by atoms with van der Waals surface area (Å²) in [5, 5.41) is 10.3. The van der Waals surface area contributed by atoms with E-state index in [4.69, 9.17) is 0 Å². The number of ketones is 1. The number of aromatic amines is 1. The fourth-order valence-corrected chi connectivity index (χ4v) is 7.12. The maximum Gasteiger partial charge on any atom is 0.195 e. The van der Waals surface area contributed by atoms with E-state index in [0.29, 0.717) is 11.6 Å². The quantitative estimate of drug-likeness (QED) is 0.319. The Hall–Kier alpha value is -2.41. The van der Waals surface area contributed by atoms with E-state index in [1.165, 1.54) is 37.2 Å². The minimum absolute atomic E-state index is 0.0923. The van der Waals surface area contributed by atoms with E-state index in [1.54, 1.807) is 6.07 Å². The average Bonchev–Trinajstić information content (AvgIpc) is 3.32. The van der Waals surface area contributed by atoms with E-state index in [2.05, 4.69) is 79.7 Å². The number of rotatable bonds is 3. The standard InChI is InChI=1S/C30H34IN5O/c1-4-20-16-23-24(17-26(20)35-9-7-21(8-10-35)34-11-13-36(31)14-12-34)30(2,3)29-27(28(23)37)22-6-5-19(18-32)15-25(22)33-29/h5-6,15-17,21,33H,4,7-14H2,1-3H3. The van der Waals surface area contributed by atoms with E-state index in [0.717, 1.165) is 65.9 Å². The molecule has 0 unspecified atom stereocenters. The van der Waals surface area contributed by atoms with Crippen LogP contribution in [0, 0.1) is 11.3 Å². The minimum atomic E-state index is -0.344. The predicted molar refractivity (Wildman–Crippen MR) is 157 cm³/mol. The molecule has 1 aliphatic carbocycles. The van der Waals surface area contributed by atoms with Crippen LogP contribution in [0.4, 0.5) is 5.69 Å². The highest BCUT2D eigenvalue weighted by Gasteiger charge is 2.40. The Morgan fingerprint density at radius 1 is 1.08 bits per heavy atom. The Balaban J connectivity index is 1.34. The van der Waals surface area contributed by atoms with Gasteiger partial charge in [-0.3, -0.25) is 9.69 Å². The summed E-state index contributed by atoms with van der Waals surface area (Å²) >= 11 is 2.44. The molecule has 2 aliphatic heterocycles. The number of anilines is 1. The van der Waals surface area contributed by atoms with Crippen molar-refractivity contribution in [3.05, 3.63) is 63.8 Å². The van der Waals surface area contributed by atoms with Gasteiger partial charge < -0.3 is 9.88 Å². The second kappa shape index (κ2) is 9.40. The predicted octanol–water partition coefficient (Wildman–Crippen LogP) is 5.41. The summed E-state index contributed by atoms with van der Waals surface area (Å²) in [6.45, 7) is 13.4. The van der Waals surface area contributed by atoms with Crippen LogP contribution in [-0.2, 0) is 11.8 Å². The van der Waals surface area contributed by atoms with Gasteiger partial charge in [0.25, 0.3) is 0 Å². The van der Waals surface area contributed by atoms with Crippen molar-refractivity contribution in [2.75, 3.05) is 44.2 Å². The lowest BCUT2D eigenvalue weighted by Crippen LogP contribution is -2.51. The summed E-state index contributed by atoms with van der Waals surface area (Å²) in [7, 11) is 0. The molecule has 2 fully saturated rings. The van der Waals surface area contributed by atoms with Crippen molar-refractivity contribution in [2.45, 2.75) is 51.5 Å². The molecular weight excluding hydrogens is 573 g/mol. The molecule has 7 heteroatoms. The number of benzene rings is 2. The van der Waals surface area contributed by atoms with Crippen LogP contribution in [0.2, 0.25) is 0 Å². The van der Waals surface area contributed by atoms with E-state index in [1.807, 2.05) is 12.1 Å². The highest BCUT2D eigenvalue weighted by molar-refractivity contribution is 14.1. The Morgan fingerprint density at radius 2 is 1.81 bits per heavy atom. The normalized spacial score (nSPS) is 20.6. The molecule has 2 saturated heterocycles. The van der Waals surface area contributed by atoms with Crippen LogP contribution in [0.25, 0.3) is 10.9 Å². The monoisotopic (exact) mass is 607 g/mol. The van der Waals surface area contributed by atoms with Gasteiger partial charge in [0, 0.05) is 101 Å². The Kier molecular flexibility index (Phi) is 6.33. The smallest absolute Gasteiger partial charge is 0.195 e. The van der Waals surface area contributed by atoms with Gasteiger partial charge in [0.1, 0.15) is 0 Å². The molecule has 1 aromatic heterocycles. The van der Waals surface area contributed by atoms with Crippen LogP contribution < -0.4 is 4.90 Å². The molecule has 6 nitrogen and oxygen atoms in total. The topological polar surface area (TPSA) is 66.4 Å². The molecule has 0 atom stereocenters. The van der Waals surface area contributed by atoms with Crippen molar-refractivity contribution in [3.8, 4) is 6.07 Å². The fraction of sp³-hybridized carbons (Fsp3) is 0.467. The molecular formula is C30H34IN5O. The molecule has 2 aromatic carbocycles. The summed E-state index contributed by atoms with van der Waals surface area (Å²) in [6, 6.07) is 13.0. The summed E-state index contributed by atoms with van der Waals surface area (Å²) in [6.07, 6.45) is 3.29. The number of nitrogens with zero attached hydrogens (tertiary/aromatic N) is 4. The van der Waals surface area contributed by atoms with Crippen molar-refractivity contribution in [2.24, 2.45) is 0 Å². The first-order chi connectivity index (χ1) is 17.8. The molecule has 1 N–H and O–H groups in total. The third-order valence-electron chi connectivity index (χ3n) is 8.88. The maximum atomic E-state index is 13.9. The molecule has 3 aliphatic rings. The number of piperidine rings is 1. The van der Waals surface area contributed by atoms with Gasteiger partial charge in [-0.05, 0) is 54.7 Å². The third kappa shape index (κ3) is 4.08. The number of nitrogens with one attached hydrogen (secondary N) is 1. The number of halogens is 1. The van der Waals surface area contributed by atoms with Crippen LogP contribution >= 0.6 is 22.9 Å². The maximum absolute atomic E-state index is 13.9. The number of hydrogen-bond acceptors (Lipinski definition) is 5. The summed E-state index contributed by atoms with van der Waals surface area (Å²) in [4.78, 5) is 22.7. The summed E-state index contributed by atoms with van der Waals surface area (Å²) < 4.78 is 2.40. The first-order valence-corrected chi connectivity index (χ1v) is 14.5. The second-order valence-electron chi connectivity index (χ2n) is 11.2. The molecule has 0 spiro atoms. The number of aryl methyl sites for hydroxylation is 1. The van der Waals surface area contributed by atoms with Crippen molar-refractivity contribution < 1.29 is 4.79 Å². The van der Waals surface area contributed by atoms with E-state index < -0.39 is 0 Å². The van der Waals surface area contributed by atoms with Gasteiger partial charge in [-0.15, -0.1) is 0 Å². The largest absolute Gasteiger partial charge is 0.371 e. The highest BCUT2D eigenvalue weighted by atomic mass is 127. The zero-order valence-electron chi connectivity index (χ0n) is 21.9. The molecule has 192 valence electrons. The van der Waals surface area contributed by atoms with Crippen LogP contribution in [0.15, 0.2) is 30.3 Å². The SMILES string of the molecule is CCc1cc2c(cc1N1CCC(N3CCN(I)CC3)CC1)C(C)(C)c1[nH]c3cc(C#N)ccc3c1C2=O. The number of carbonyl (C=O) groups is 1. The molecule has 3 aromatic rings. The summed E-state index contributed by atoms with van der Waals surface area (Å²) in [5.41, 5.74) is 7.32. The number of piperazine rings is 1. The number of carbonyl (C=O) groups excluding carboxylic acids is 1. The third-order valence-corrected chi connectivity index (χ3v) is 9.84. The fourth-order valence-electron chi connectivity index (χ4n) is 6.69. The lowest BCUT2D eigenvalue weighted by molar-refractivity contribution is 0.103. The zero-order chi connectivity index (χ0) is 25.9. The number of aromatic nitrogens is 1. The van der Waals surface area contributed by atoms with Gasteiger partial charge in [-0.25, -0.2) is 3.11 Å². The van der Waals surface area contributed by atoms with Gasteiger partial charge in [0.15, 0.2) is 5.78 Å². The highest BCUT2D eigenvalue weighted by Crippen LogP contribution is 2.46. The number of nitriles is 1. The molecule has 0 radical (unpaired) electrons. The Bertz CT molecular complexity index is 1420. The minimum Gasteiger partial charge on any atom is -0.371 e. The van der Waals surface area contributed by atoms with Crippen LogP contribution in [-0.4, -0.2) is 64.1 Å². The van der Waals surface area contributed by atoms with E-state index in [9.17, 15) is 10.1 Å². The zero-order valence-corrected chi connectivity index (χ0v) is 24.1. The van der Waals surface area contributed by atoms with Crippen molar-refractivity contribution >= 4 is 45.2 Å². The lowest BCUT2D eigenvalue weighted by Gasteiger charge is -2.43. The summed E-state index contributed by atoms with van der Waals surface area (Å²) in [5.74, 6) is 0.0923. The van der Waals surface area contributed by atoms with Crippen LogP contribution in [0.3, 0.4) is 0 Å². The second-order valence-corrected chi connectivity index (χ2v) is 12.6. The molecule has 0 bridgehead atoms. The lowest BCUT2D eigenvalue weighted by atomic mass is 9.70. The van der Waals surface area contributed by atoms with Gasteiger partial charge in [0.05, 0.1) is 17.2 Å². The Morgan fingerprint density at radius 3 is 2.49 bits per heavy atom. The molecule has 0 saturated carbocycles. The van der Waals surface area contributed by atoms with Gasteiger partial charge in [-0.1, -0.05) is 26.8 Å². The van der Waals surface area contributed by atoms with Gasteiger partial charge >= 0.3 is 0 Å². The van der Waals surface area contributed by atoms with E-state index in [-0.39, 0.29) is 11.2 Å². The molecule has 3 heterocycles. The van der Waals surface area contributed by atoms with Crippen molar-refractivity contribution in [3.63, 3.8) is 0 Å². The van der Waals surface area contributed by atoms with Gasteiger partial charge in [-0.2, -0.15) is 5.26 Å². The number of hydrogen-bond donors (Lipinski definition) is 1. The van der Waals surface area contributed by atoms with Crippen molar-refractivity contribution in [1.29, 1.82) is 5.26 Å². The van der Waals surface area contributed by atoms with Crippen LogP contribution in [0.5, 0.6) is 0 Å². The van der Waals surface area contributed by atoms with Crippen molar-refractivity contribution in [1.82, 2.24) is 13.0 Å². The molecule has 6 rings (SSSR count). The number of H-pyrrole nitrogens is 1. The van der Waals surface area contributed by atoms with E-state index >= 15 is 0 Å². The first kappa shape index (κ1) is 24.9. The first-order valence-electron chi connectivity index (χ1n) is 13.5. The average molecular weight is 608 g/mol. The van der Waals surface area contributed by atoms with Gasteiger partial charge in [0.2, 0.25) is 0 Å².